The lowest BCUT2D eigenvalue weighted by molar-refractivity contribution is 0.482. The summed E-state index contributed by atoms with van der Waals surface area (Å²) in [4.78, 5) is 7.98. The Bertz CT molecular complexity index is 2830. The van der Waals surface area contributed by atoms with E-state index in [4.69, 9.17) is 46.3 Å². The first-order valence-electron chi connectivity index (χ1n) is 16.7. The number of nitrogens with two attached hydrogens (primary N) is 4. The molecular weight excluding hydrogens is 869 g/mol. The lowest BCUT2D eigenvalue weighted by atomic mass is 9.95. The number of aromatic nitrogens is 6. The molecule has 8 N–H and O–H groups in total. The summed E-state index contributed by atoms with van der Waals surface area (Å²) in [6, 6.07) is 19.9. The molecule has 6 aromatic rings. The highest BCUT2D eigenvalue weighted by atomic mass is 32.2. The highest BCUT2D eigenvalue weighted by Crippen LogP contribution is 2.34. The molecule has 6 rings (SSSR count). The van der Waals surface area contributed by atoms with Crippen LogP contribution in [0.1, 0.15) is 56.6 Å². The molecule has 0 bridgehead atoms. The van der Waals surface area contributed by atoms with Gasteiger partial charge >= 0.3 is 41.5 Å². The van der Waals surface area contributed by atoms with Gasteiger partial charge in [-0.1, -0.05) is 42.5 Å². The molecule has 0 saturated carbocycles. The number of rotatable bonds is 12. The van der Waals surface area contributed by atoms with E-state index in [1.807, 2.05) is 31.2 Å². The largest absolute Gasteiger partial charge is 0.425 e. The van der Waals surface area contributed by atoms with Gasteiger partial charge in [-0.05, 0) is 103 Å². The van der Waals surface area contributed by atoms with Crippen molar-refractivity contribution in [2.24, 2.45) is 15.4 Å². The number of nitrogens with zero attached hydrogens (tertiary/aromatic N) is 6. The first-order chi connectivity index (χ1) is 27.9. The molecule has 0 radical (unpaired) electrons. The van der Waals surface area contributed by atoms with Crippen LogP contribution in [0.4, 0.5) is 5.69 Å². The van der Waals surface area contributed by atoms with Crippen molar-refractivity contribution < 1.29 is 50.4 Å². The average Bonchev–Trinajstić information content (AvgIpc) is 3.85. The van der Waals surface area contributed by atoms with Crippen molar-refractivity contribution in [3.8, 4) is 17.2 Å². The Morgan fingerprint density at radius 1 is 0.517 bits per heavy atom. The molecule has 0 amide bonds. The number of hydrogen-bond donors (Lipinski definition) is 4. The average molecular weight is 907 g/mol. The van der Waals surface area contributed by atoms with E-state index in [9.17, 15) is 25.3 Å². The minimum absolute atomic E-state index is 0.0493. The van der Waals surface area contributed by atoms with Crippen molar-refractivity contribution in [2.75, 3.05) is 5.73 Å². The highest BCUT2D eigenvalue weighted by molar-refractivity contribution is 7.85. The van der Waals surface area contributed by atoms with E-state index < -0.39 is 47.6 Å². The standard InChI is InChI=1S/C17H19N5O6S2.C17H19N5O3S.O3S/c1-11-3-5-13(7-15(11)27-29(18,23)24)17(22-10-20-9-21-22)14-6-4-12(2)16(8-14)28-30(19,25)26;1-11-7-13(3-5-15(11)18)17(22-10-20-9-21-22)14-4-6-16(12(2)8-14)25-26(19,23)24;1-4(2)3/h3-10,17H,1-2H3,(H2,18,23,24)(H2,19,25,26);3-10,17H,18H2,1-2H3,(H2,19,23,24);. The van der Waals surface area contributed by atoms with Gasteiger partial charge in [0.1, 0.15) is 54.6 Å². The van der Waals surface area contributed by atoms with Gasteiger partial charge in [0.2, 0.25) is 0 Å². The van der Waals surface area contributed by atoms with Gasteiger partial charge in [-0.3, -0.25) is 0 Å². The first-order valence-corrected chi connectivity index (χ1v) is 22.1. The van der Waals surface area contributed by atoms with Crippen molar-refractivity contribution in [2.45, 2.75) is 39.8 Å². The number of nitrogen functional groups attached to an aromatic ring is 1. The Hall–Kier alpha value is -6.29. The summed E-state index contributed by atoms with van der Waals surface area (Å²) < 4.78 is 111. The van der Waals surface area contributed by atoms with Crippen LogP contribution in [-0.4, -0.2) is 67.4 Å². The topological polar surface area (TPSA) is 347 Å². The Morgan fingerprint density at radius 2 is 0.867 bits per heavy atom. The van der Waals surface area contributed by atoms with Gasteiger partial charge in [-0.2, -0.15) is 50.9 Å². The molecule has 0 aliphatic carbocycles. The lowest BCUT2D eigenvalue weighted by Crippen LogP contribution is -2.20. The summed E-state index contributed by atoms with van der Waals surface area (Å²) in [5.41, 5.74) is 12.3. The molecular formula is C34H38N10O12S4. The second kappa shape index (κ2) is 19.2. The van der Waals surface area contributed by atoms with Crippen molar-refractivity contribution in [3.63, 3.8) is 0 Å². The van der Waals surface area contributed by atoms with Gasteiger partial charge in [0.25, 0.3) is 0 Å². The highest BCUT2D eigenvalue weighted by Gasteiger charge is 2.23. The van der Waals surface area contributed by atoms with Crippen LogP contribution < -0.4 is 33.7 Å². The molecule has 0 aliphatic rings. The van der Waals surface area contributed by atoms with Gasteiger partial charge in [0, 0.05) is 5.69 Å². The zero-order valence-corrected chi connectivity index (χ0v) is 35.2. The van der Waals surface area contributed by atoms with E-state index in [1.165, 1.54) is 35.8 Å². The predicted molar refractivity (Wildman–Crippen MR) is 215 cm³/mol. The number of benzene rings is 4. The van der Waals surface area contributed by atoms with E-state index in [0.29, 0.717) is 33.5 Å². The zero-order chi connectivity index (χ0) is 44.6. The van der Waals surface area contributed by atoms with E-state index in [1.54, 1.807) is 68.2 Å². The Kier molecular flexibility index (Phi) is 14.8. The zero-order valence-electron chi connectivity index (χ0n) is 31.9. The molecule has 0 saturated heterocycles. The molecule has 0 spiro atoms. The maximum absolute atomic E-state index is 11.4. The molecule has 2 heterocycles. The second-order valence-electron chi connectivity index (χ2n) is 12.7. The third kappa shape index (κ3) is 13.6. The van der Waals surface area contributed by atoms with Crippen LogP contribution in [0.25, 0.3) is 0 Å². The third-order valence-electron chi connectivity index (χ3n) is 8.20. The van der Waals surface area contributed by atoms with E-state index >= 15 is 0 Å². The number of anilines is 1. The predicted octanol–water partition coefficient (Wildman–Crippen LogP) is 1.39. The van der Waals surface area contributed by atoms with Gasteiger partial charge in [0.05, 0.1) is 0 Å². The number of hydrogen-bond acceptors (Lipinski definition) is 17. The van der Waals surface area contributed by atoms with Crippen molar-refractivity contribution in [1.82, 2.24) is 29.5 Å². The van der Waals surface area contributed by atoms with Crippen LogP contribution in [0.15, 0.2) is 98.1 Å². The fourth-order valence-electron chi connectivity index (χ4n) is 5.63. The summed E-state index contributed by atoms with van der Waals surface area (Å²) in [5.74, 6) is 0.281. The molecule has 320 valence electrons. The van der Waals surface area contributed by atoms with Gasteiger partial charge in [0.15, 0.2) is 0 Å². The van der Waals surface area contributed by atoms with Crippen molar-refractivity contribution in [3.05, 3.63) is 143 Å². The smallest absolute Gasteiger partial charge is 0.399 e. The van der Waals surface area contributed by atoms with Crippen molar-refractivity contribution in [1.29, 1.82) is 0 Å². The Morgan fingerprint density at radius 3 is 1.22 bits per heavy atom. The number of aryl methyl sites for hydroxylation is 4. The first kappa shape index (κ1) is 46.4. The fraction of sp³-hybridized carbons (Fsp3) is 0.176. The summed E-state index contributed by atoms with van der Waals surface area (Å²) in [6.45, 7) is 7.01. The summed E-state index contributed by atoms with van der Waals surface area (Å²) in [7, 11) is -15.6. The SMILES string of the molecule is Cc1cc(C(c2ccc(OS(N)(=O)=O)c(C)c2)n2cncn2)ccc1N.Cc1ccc(C(c2ccc(C)c(OS(N)(=O)=O)c2)n2cncn2)cc1OS(N)(=O)=O.O=S(=O)=O. The van der Waals surface area contributed by atoms with Crippen LogP contribution in [0.5, 0.6) is 17.2 Å². The van der Waals surface area contributed by atoms with E-state index in [-0.39, 0.29) is 23.3 Å². The summed E-state index contributed by atoms with van der Waals surface area (Å²) in [5, 5.41) is 23.4. The molecule has 1 unspecified atom stereocenters. The molecule has 22 nitrogen and oxygen atoms in total. The van der Waals surface area contributed by atoms with Crippen LogP contribution in [0.2, 0.25) is 0 Å². The van der Waals surface area contributed by atoms with Crippen LogP contribution in [0, 0.1) is 27.7 Å². The van der Waals surface area contributed by atoms with Gasteiger partial charge in [-0.15, -0.1) is 12.6 Å². The van der Waals surface area contributed by atoms with E-state index in [0.717, 1.165) is 16.7 Å². The molecule has 1 atom stereocenters. The van der Waals surface area contributed by atoms with Gasteiger partial charge < -0.3 is 18.3 Å². The fourth-order valence-corrected chi connectivity index (χ4v) is 6.93. The van der Waals surface area contributed by atoms with Crippen molar-refractivity contribution >= 4 is 47.2 Å². The second-order valence-corrected chi connectivity index (χ2v) is 16.5. The monoisotopic (exact) mass is 906 g/mol. The minimum atomic E-state index is -4.23. The molecule has 0 aliphatic heterocycles. The van der Waals surface area contributed by atoms with Gasteiger partial charge in [-0.25, -0.2) is 19.3 Å². The normalized spacial score (nSPS) is 12.0. The lowest BCUT2D eigenvalue weighted by Gasteiger charge is -2.20. The molecule has 4 aromatic carbocycles. The Balaban J connectivity index is 0.000000245. The van der Waals surface area contributed by atoms with Crippen LogP contribution >= 0.6 is 0 Å². The summed E-state index contributed by atoms with van der Waals surface area (Å²) in [6.07, 6.45) is 5.88. The minimum Gasteiger partial charge on any atom is -0.399 e. The van der Waals surface area contributed by atoms with Crippen LogP contribution in [0.3, 0.4) is 0 Å². The summed E-state index contributed by atoms with van der Waals surface area (Å²) >= 11 is 0. The maximum Gasteiger partial charge on any atom is 0.425 e. The van der Waals surface area contributed by atoms with E-state index in [2.05, 4.69) is 20.2 Å². The maximum atomic E-state index is 11.4. The Labute approximate surface area is 346 Å². The van der Waals surface area contributed by atoms with Crippen LogP contribution in [-0.2, 0) is 41.5 Å². The quantitative estimate of drug-likeness (QED) is 0.126. The molecule has 2 aromatic heterocycles. The molecule has 26 heteroatoms. The third-order valence-corrected chi connectivity index (χ3v) is 9.44. The molecule has 0 fully saturated rings. The molecule has 60 heavy (non-hydrogen) atoms.